The molecule has 1 N–H and O–H groups in total. The number of hydrogen-bond acceptors (Lipinski definition) is 5. The summed E-state index contributed by atoms with van der Waals surface area (Å²) >= 11 is 0. The van der Waals surface area contributed by atoms with Crippen LogP contribution in [0.5, 0.6) is 0 Å². The van der Waals surface area contributed by atoms with Crippen molar-refractivity contribution in [1.29, 1.82) is 0 Å². The number of hydrogen-bond donors (Lipinski definition) is 1. The van der Waals surface area contributed by atoms with E-state index in [9.17, 15) is 4.79 Å². The van der Waals surface area contributed by atoms with Crippen LogP contribution in [0.2, 0.25) is 0 Å². The third kappa shape index (κ3) is 2.67. The van der Waals surface area contributed by atoms with Crippen LogP contribution in [0.15, 0.2) is 35.4 Å². The molecule has 0 unspecified atom stereocenters. The van der Waals surface area contributed by atoms with Crippen LogP contribution in [0.1, 0.15) is 19.3 Å². The number of ether oxygens (including phenoxy) is 2. The lowest BCUT2D eigenvalue weighted by Gasteiger charge is -2.31. The van der Waals surface area contributed by atoms with Gasteiger partial charge in [0.2, 0.25) is 0 Å². The van der Waals surface area contributed by atoms with Crippen molar-refractivity contribution in [2.75, 3.05) is 18.6 Å². The zero-order valence-corrected chi connectivity index (χ0v) is 10.6. The molecule has 0 aromatic heterocycles. The minimum Gasteiger partial charge on any atom is -0.347 e. The molecule has 0 bridgehead atoms. The standard InChI is InChI=1S/C14H16N2O3/c17-13-6-7-14(18-8-9-19-14)10-12(13)16-15-11-4-2-1-3-5-11/h1-5,15H,6-10H2. The number of hydrazone groups is 1. The van der Waals surface area contributed by atoms with Gasteiger partial charge in [-0.3, -0.25) is 10.2 Å². The molecule has 2 aliphatic rings. The van der Waals surface area contributed by atoms with E-state index in [1.54, 1.807) is 0 Å². The Morgan fingerprint density at radius 2 is 1.89 bits per heavy atom. The van der Waals surface area contributed by atoms with Crippen LogP contribution in [0, 0.1) is 0 Å². The molecule has 5 nitrogen and oxygen atoms in total. The molecule has 1 saturated carbocycles. The molecule has 0 amide bonds. The maximum absolute atomic E-state index is 11.9. The smallest absolute Gasteiger partial charge is 0.179 e. The van der Waals surface area contributed by atoms with Crippen LogP contribution < -0.4 is 5.43 Å². The number of carbonyl (C=O) groups excluding carboxylic acids is 1. The average Bonchev–Trinajstić information content (AvgIpc) is 2.90. The summed E-state index contributed by atoms with van der Waals surface area (Å²) in [6, 6.07) is 9.55. The summed E-state index contributed by atoms with van der Waals surface area (Å²) in [6.07, 6.45) is 1.47. The Morgan fingerprint density at radius 1 is 1.16 bits per heavy atom. The Kier molecular flexibility index (Phi) is 3.31. The third-order valence-corrected chi connectivity index (χ3v) is 3.40. The van der Waals surface area contributed by atoms with E-state index >= 15 is 0 Å². The predicted molar refractivity (Wildman–Crippen MR) is 71.0 cm³/mol. The van der Waals surface area contributed by atoms with Gasteiger partial charge in [0.15, 0.2) is 11.6 Å². The van der Waals surface area contributed by atoms with E-state index in [1.807, 2.05) is 30.3 Å². The van der Waals surface area contributed by atoms with Crippen molar-refractivity contribution in [3.63, 3.8) is 0 Å². The second-order valence-corrected chi connectivity index (χ2v) is 4.74. The number of anilines is 1. The van der Waals surface area contributed by atoms with Gasteiger partial charge in [0.25, 0.3) is 0 Å². The van der Waals surface area contributed by atoms with E-state index in [1.165, 1.54) is 0 Å². The van der Waals surface area contributed by atoms with Crippen molar-refractivity contribution in [2.24, 2.45) is 5.10 Å². The number of ketones is 1. The Balaban J connectivity index is 1.73. The maximum Gasteiger partial charge on any atom is 0.179 e. The van der Waals surface area contributed by atoms with Crippen molar-refractivity contribution in [3.05, 3.63) is 30.3 Å². The molecular weight excluding hydrogens is 244 g/mol. The van der Waals surface area contributed by atoms with Crippen molar-refractivity contribution in [2.45, 2.75) is 25.0 Å². The summed E-state index contributed by atoms with van der Waals surface area (Å²) in [5.41, 5.74) is 4.26. The van der Waals surface area contributed by atoms with Gasteiger partial charge in [-0.15, -0.1) is 0 Å². The number of Topliss-reactive ketones (excluding diaryl/α,β-unsaturated/α-hetero) is 1. The summed E-state index contributed by atoms with van der Waals surface area (Å²) < 4.78 is 11.3. The van der Waals surface area contributed by atoms with Crippen LogP contribution >= 0.6 is 0 Å². The predicted octanol–water partition coefficient (Wildman–Crippen LogP) is 1.95. The van der Waals surface area contributed by atoms with Crippen molar-refractivity contribution < 1.29 is 14.3 Å². The van der Waals surface area contributed by atoms with Gasteiger partial charge in [0, 0.05) is 19.3 Å². The van der Waals surface area contributed by atoms with Crippen LogP contribution in [0.25, 0.3) is 0 Å². The molecule has 1 spiro atoms. The fourth-order valence-electron chi connectivity index (χ4n) is 2.38. The number of nitrogens with one attached hydrogen (secondary N) is 1. The van der Waals surface area contributed by atoms with E-state index in [4.69, 9.17) is 9.47 Å². The van der Waals surface area contributed by atoms with E-state index in [0.29, 0.717) is 38.2 Å². The zero-order valence-electron chi connectivity index (χ0n) is 10.6. The molecule has 100 valence electrons. The summed E-state index contributed by atoms with van der Waals surface area (Å²) in [5.74, 6) is -0.557. The molecule has 1 aliphatic carbocycles. The largest absolute Gasteiger partial charge is 0.347 e. The monoisotopic (exact) mass is 260 g/mol. The van der Waals surface area contributed by atoms with Gasteiger partial charge in [-0.25, -0.2) is 0 Å². The zero-order chi connectivity index (χ0) is 13.1. The van der Waals surface area contributed by atoms with Crippen molar-refractivity contribution >= 4 is 17.2 Å². The fourth-order valence-corrected chi connectivity index (χ4v) is 2.38. The normalized spacial score (nSPS) is 24.0. The number of nitrogens with zero attached hydrogens (tertiary/aromatic N) is 1. The first-order valence-electron chi connectivity index (χ1n) is 6.46. The molecule has 3 rings (SSSR count). The molecule has 0 radical (unpaired) electrons. The molecule has 1 aromatic carbocycles. The number of rotatable bonds is 2. The van der Waals surface area contributed by atoms with Gasteiger partial charge in [-0.2, -0.15) is 5.10 Å². The first-order valence-corrected chi connectivity index (χ1v) is 6.46. The lowest BCUT2D eigenvalue weighted by molar-refractivity contribution is -0.163. The lowest BCUT2D eigenvalue weighted by atomic mass is 9.91. The summed E-state index contributed by atoms with van der Waals surface area (Å²) in [4.78, 5) is 11.9. The highest BCUT2D eigenvalue weighted by atomic mass is 16.7. The minimum absolute atomic E-state index is 0.0631. The van der Waals surface area contributed by atoms with Gasteiger partial charge < -0.3 is 9.47 Å². The molecule has 2 fully saturated rings. The first-order chi connectivity index (χ1) is 9.27. The molecule has 1 aromatic rings. The highest BCUT2D eigenvalue weighted by molar-refractivity contribution is 6.40. The van der Waals surface area contributed by atoms with Crippen LogP contribution in [0.3, 0.4) is 0 Å². The van der Waals surface area contributed by atoms with E-state index in [-0.39, 0.29) is 5.78 Å². The van der Waals surface area contributed by atoms with Crippen molar-refractivity contribution in [1.82, 2.24) is 0 Å². The van der Waals surface area contributed by atoms with Gasteiger partial charge in [-0.1, -0.05) is 18.2 Å². The highest BCUT2D eigenvalue weighted by Gasteiger charge is 2.43. The van der Waals surface area contributed by atoms with Crippen molar-refractivity contribution in [3.8, 4) is 0 Å². The van der Waals surface area contributed by atoms with Gasteiger partial charge in [-0.05, 0) is 12.1 Å². The van der Waals surface area contributed by atoms with Gasteiger partial charge in [0.1, 0.15) is 5.71 Å². The first kappa shape index (κ1) is 12.3. The second-order valence-electron chi connectivity index (χ2n) is 4.74. The number of carbonyl (C=O) groups is 1. The number of para-hydroxylation sites is 1. The molecule has 1 saturated heterocycles. The van der Waals surface area contributed by atoms with Crippen LogP contribution in [-0.2, 0) is 14.3 Å². The van der Waals surface area contributed by atoms with Gasteiger partial charge in [0.05, 0.1) is 18.9 Å². The van der Waals surface area contributed by atoms with E-state index < -0.39 is 5.79 Å². The quantitative estimate of drug-likeness (QED) is 0.826. The number of benzene rings is 1. The molecule has 1 aliphatic heterocycles. The Bertz CT molecular complexity index is 493. The Hall–Kier alpha value is -1.72. The Morgan fingerprint density at radius 3 is 2.63 bits per heavy atom. The molecule has 5 heteroatoms. The molecule has 1 heterocycles. The second kappa shape index (κ2) is 5.11. The Labute approximate surface area is 111 Å². The van der Waals surface area contributed by atoms with Crippen LogP contribution in [-0.4, -0.2) is 30.5 Å². The topological polar surface area (TPSA) is 59.9 Å². The van der Waals surface area contributed by atoms with E-state index in [0.717, 1.165) is 5.69 Å². The summed E-state index contributed by atoms with van der Waals surface area (Å²) in [6.45, 7) is 1.18. The maximum atomic E-state index is 11.9. The molecule has 19 heavy (non-hydrogen) atoms. The van der Waals surface area contributed by atoms with Gasteiger partial charge >= 0.3 is 0 Å². The molecule has 0 atom stereocenters. The highest BCUT2D eigenvalue weighted by Crippen LogP contribution is 2.33. The SMILES string of the molecule is O=C1CCC2(CC1=NNc1ccccc1)OCCO2. The summed E-state index contributed by atoms with van der Waals surface area (Å²) in [5, 5.41) is 4.21. The van der Waals surface area contributed by atoms with E-state index in [2.05, 4.69) is 10.5 Å². The minimum atomic E-state index is -0.620. The lowest BCUT2D eigenvalue weighted by Crippen LogP contribution is -2.41. The van der Waals surface area contributed by atoms with Crippen LogP contribution in [0.4, 0.5) is 5.69 Å². The fraction of sp³-hybridized carbons (Fsp3) is 0.429. The summed E-state index contributed by atoms with van der Waals surface area (Å²) in [7, 11) is 0. The molecular formula is C14H16N2O3. The average molecular weight is 260 g/mol. The third-order valence-electron chi connectivity index (χ3n) is 3.40.